The van der Waals surface area contributed by atoms with Crippen molar-refractivity contribution in [2.45, 2.75) is 70.4 Å². The monoisotopic (exact) mass is 321 g/mol. The molecule has 1 saturated carbocycles. The highest BCUT2D eigenvalue weighted by molar-refractivity contribution is 7.11. The predicted octanol–water partition coefficient (Wildman–Crippen LogP) is 3.29. The van der Waals surface area contributed by atoms with Gasteiger partial charge in [-0.05, 0) is 38.6 Å². The molecule has 1 aromatic heterocycles. The van der Waals surface area contributed by atoms with Gasteiger partial charge in [-0.3, -0.25) is 4.79 Å². The Hall–Kier alpha value is -0.940. The van der Waals surface area contributed by atoms with E-state index in [4.69, 9.17) is 0 Å². The number of likely N-dealkylation sites (tertiary alicyclic amines) is 1. The van der Waals surface area contributed by atoms with Crippen molar-refractivity contribution in [3.05, 3.63) is 16.1 Å². The highest BCUT2D eigenvalue weighted by Gasteiger charge is 2.26. The first-order valence-corrected chi connectivity index (χ1v) is 9.54. The smallest absolute Gasteiger partial charge is 0.222 e. The summed E-state index contributed by atoms with van der Waals surface area (Å²) in [6.45, 7) is 5.02. The first-order chi connectivity index (χ1) is 10.8. The SMILES string of the molecule is CC[C@H](CCNCc1cnc(C2CCC2)s1)N1CCCC1=O. The Morgan fingerprint density at radius 1 is 1.45 bits per heavy atom. The molecule has 2 heterocycles. The van der Waals surface area contributed by atoms with Crippen LogP contribution in [0, 0.1) is 0 Å². The molecule has 1 aliphatic heterocycles. The fourth-order valence-electron chi connectivity index (χ4n) is 3.36. The molecule has 0 aromatic carbocycles. The average Bonchev–Trinajstić information content (AvgIpc) is 3.07. The summed E-state index contributed by atoms with van der Waals surface area (Å²) in [4.78, 5) is 19.8. The van der Waals surface area contributed by atoms with Gasteiger partial charge in [0, 0.05) is 42.5 Å². The Morgan fingerprint density at radius 3 is 2.95 bits per heavy atom. The largest absolute Gasteiger partial charge is 0.340 e. The van der Waals surface area contributed by atoms with Gasteiger partial charge in [-0.2, -0.15) is 0 Å². The minimum absolute atomic E-state index is 0.347. The summed E-state index contributed by atoms with van der Waals surface area (Å²) in [5, 5.41) is 4.86. The number of hydrogen-bond donors (Lipinski definition) is 1. The third-order valence-electron chi connectivity index (χ3n) is 5.00. The van der Waals surface area contributed by atoms with Gasteiger partial charge in [0.05, 0.1) is 5.01 Å². The lowest BCUT2D eigenvalue weighted by atomic mass is 9.86. The molecule has 0 spiro atoms. The summed E-state index contributed by atoms with van der Waals surface area (Å²) in [7, 11) is 0. The highest BCUT2D eigenvalue weighted by Crippen LogP contribution is 2.38. The number of carbonyl (C=O) groups excluding carboxylic acids is 1. The normalized spacial score (nSPS) is 20.4. The summed E-state index contributed by atoms with van der Waals surface area (Å²) in [5.41, 5.74) is 0. The Labute approximate surface area is 137 Å². The van der Waals surface area contributed by atoms with E-state index < -0.39 is 0 Å². The number of rotatable bonds is 8. The Balaban J connectivity index is 1.38. The molecule has 1 saturated heterocycles. The summed E-state index contributed by atoms with van der Waals surface area (Å²) in [6.07, 6.45) is 9.93. The maximum absolute atomic E-state index is 11.8. The standard InChI is InChI=1S/C17H27N3OS/c1-2-14(20-10-4-7-16(20)21)8-9-18-11-15-12-19-17(22-15)13-5-3-6-13/h12-14,18H,2-11H2,1H3/t14-/m1/s1. The van der Waals surface area contributed by atoms with Gasteiger partial charge >= 0.3 is 0 Å². The summed E-state index contributed by atoms with van der Waals surface area (Å²) in [6, 6.07) is 0.412. The molecule has 122 valence electrons. The van der Waals surface area contributed by atoms with Crippen molar-refractivity contribution >= 4 is 17.2 Å². The molecule has 1 amide bonds. The van der Waals surface area contributed by atoms with Gasteiger partial charge in [-0.15, -0.1) is 11.3 Å². The molecular formula is C17H27N3OS. The van der Waals surface area contributed by atoms with Crippen molar-refractivity contribution in [3.63, 3.8) is 0 Å². The van der Waals surface area contributed by atoms with Gasteiger partial charge in [0.1, 0.15) is 0 Å². The lowest BCUT2D eigenvalue weighted by Gasteiger charge is -2.26. The fraction of sp³-hybridized carbons (Fsp3) is 0.765. The zero-order valence-corrected chi connectivity index (χ0v) is 14.3. The summed E-state index contributed by atoms with van der Waals surface area (Å²) in [5.74, 6) is 1.09. The number of nitrogens with one attached hydrogen (secondary N) is 1. The van der Waals surface area contributed by atoms with E-state index in [1.807, 2.05) is 17.5 Å². The van der Waals surface area contributed by atoms with Crippen LogP contribution in [0.2, 0.25) is 0 Å². The molecule has 2 fully saturated rings. The van der Waals surface area contributed by atoms with Crippen molar-refractivity contribution in [2.24, 2.45) is 0 Å². The minimum atomic E-state index is 0.347. The second-order valence-corrected chi connectivity index (χ2v) is 7.66. The molecule has 0 radical (unpaired) electrons. The fourth-order valence-corrected chi connectivity index (χ4v) is 4.42. The summed E-state index contributed by atoms with van der Waals surface area (Å²) >= 11 is 1.87. The molecule has 2 aliphatic rings. The molecule has 4 nitrogen and oxygen atoms in total. The van der Waals surface area contributed by atoms with Crippen molar-refractivity contribution in [1.82, 2.24) is 15.2 Å². The summed E-state index contributed by atoms with van der Waals surface area (Å²) < 4.78 is 0. The number of thiazole rings is 1. The van der Waals surface area contributed by atoms with Crippen LogP contribution >= 0.6 is 11.3 Å². The lowest BCUT2D eigenvalue weighted by Crippen LogP contribution is -2.37. The molecule has 1 N–H and O–H groups in total. The van der Waals surface area contributed by atoms with Crippen LogP contribution in [0.25, 0.3) is 0 Å². The van der Waals surface area contributed by atoms with E-state index in [9.17, 15) is 4.79 Å². The minimum Gasteiger partial charge on any atom is -0.340 e. The van der Waals surface area contributed by atoms with E-state index in [0.29, 0.717) is 11.9 Å². The third-order valence-corrected chi connectivity index (χ3v) is 6.16. The van der Waals surface area contributed by atoms with Crippen molar-refractivity contribution < 1.29 is 4.79 Å². The zero-order chi connectivity index (χ0) is 15.4. The van der Waals surface area contributed by atoms with Crippen molar-refractivity contribution in [1.29, 1.82) is 0 Å². The van der Waals surface area contributed by atoms with Gasteiger partial charge in [-0.25, -0.2) is 4.98 Å². The Morgan fingerprint density at radius 2 is 2.32 bits per heavy atom. The maximum atomic E-state index is 11.8. The molecule has 3 rings (SSSR count). The first kappa shape index (κ1) is 15.9. The van der Waals surface area contributed by atoms with Crippen LogP contribution in [0.4, 0.5) is 0 Å². The van der Waals surface area contributed by atoms with Crippen LogP contribution in [0.5, 0.6) is 0 Å². The Kier molecular flexibility index (Phi) is 5.47. The second-order valence-electron chi connectivity index (χ2n) is 6.51. The molecule has 1 aliphatic carbocycles. The van der Waals surface area contributed by atoms with Crippen molar-refractivity contribution in [3.8, 4) is 0 Å². The van der Waals surface area contributed by atoms with Crippen LogP contribution < -0.4 is 5.32 Å². The van der Waals surface area contributed by atoms with Crippen LogP contribution in [-0.4, -0.2) is 34.9 Å². The average molecular weight is 321 g/mol. The molecule has 1 atom stereocenters. The topological polar surface area (TPSA) is 45.2 Å². The third kappa shape index (κ3) is 3.69. The second kappa shape index (κ2) is 7.55. The van der Waals surface area contributed by atoms with E-state index in [0.717, 1.165) is 51.2 Å². The van der Waals surface area contributed by atoms with E-state index >= 15 is 0 Å². The molecular weight excluding hydrogens is 294 g/mol. The van der Waals surface area contributed by atoms with Crippen LogP contribution in [-0.2, 0) is 11.3 Å². The van der Waals surface area contributed by atoms with E-state index in [1.165, 1.54) is 29.1 Å². The van der Waals surface area contributed by atoms with E-state index in [2.05, 4.69) is 22.1 Å². The number of carbonyl (C=O) groups is 1. The highest BCUT2D eigenvalue weighted by atomic mass is 32.1. The number of amides is 1. The van der Waals surface area contributed by atoms with Gasteiger partial charge < -0.3 is 10.2 Å². The Bertz CT molecular complexity index is 498. The molecule has 22 heavy (non-hydrogen) atoms. The van der Waals surface area contributed by atoms with Crippen LogP contribution in [0.15, 0.2) is 6.20 Å². The zero-order valence-electron chi connectivity index (χ0n) is 13.5. The van der Waals surface area contributed by atoms with Gasteiger partial charge in [-0.1, -0.05) is 13.3 Å². The van der Waals surface area contributed by atoms with Crippen LogP contribution in [0.1, 0.15) is 67.7 Å². The van der Waals surface area contributed by atoms with Gasteiger partial charge in [0.25, 0.3) is 0 Å². The first-order valence-electron chi connectivity index (χ1n) is 8.72. The molecule has 0 bridgehead atoms. The lowest BCUT2D eigenvalue weighted by molar-refractivity contribution is -0.129. The van der Waals surface area contributed by atoms with Gasteiger partial charge in [0.15, 0.2) is 0 Å². The predicted molar refractivity (Wildman–Crippen MR) is 90.1 cm³/mol. The number of aromatic nitrogens is 1. The molecule has 0 unspecified atom stereocenters. The van der Waals surface area contributed by atoms with E-state index in [-0.39, 0.29) is 0 Å². The van der Waals surface area contributed by atoms with Crippen LogP contribution in [0.3, 0.4) is 0 Å². The van der Waals surface area contributed by atoms with Gasteiger partial charge in [0.2, 0.25) is 5.91 Å². The van der Waals surface area contributed by atoms with E-state index in [1.54, 1.807) is 0 Å². The number of hydrogen-bond acceptors (Lipinski definition) is 4. The number of nitrogens with zero attached hydrogens (tertiary/aromatic N) is 2. The van der Waals surface area contributed by atoms with Crippen molar-refractivity contribution in [2.75, 3.05) is 13.1 Å². The maximum Gasteiger partial charge on any atom is 0.222 e. The molecule has 1 aromatic rings. The quantitative estimate of drug-likeness (QED) is 0.747. The molecule has 5 heteroatoms.